The van der Waals surface area contributed by atoms with E-state index < -0.39 is 7.82 Å². The van der Waals surface area contributed by atoms with Gasteiger partial charge in [-0.1, -0.05) is 0 Å². The molecule has 0 saturated heterocycles. The van der Waals surface area contributed by atoms with Crippen molar-refractivity contribution in [2.75, 3.05) is 35.5 Å². The largest absolute Gasteiger partial charge is 0.524 e. The molecule has 1 aromatic heterocycles. The molecule has 0 unspecified atom stereocenters. The number of phosphoric ester groups is 1. The minimum Gasteiger partial charge on any atom is -0.497 e. The molecule has 0 aliphatic heterocycles. The van der Waals surface area contributed by atoms with Crippen LogP contribution >= 0.6 is 19.2 Å². The van der Waals surface area contributed by atoms with Crippen molar-refractivity contribution in [3.63, 3.8) is 0 Å². The van der Waals surface area contributed by atoms with Gasteiger partial charge in [0.25, 0.3) is 0 Å². The first kappa shape index (κ1) is 27.3. The van der Waals surface area contributed by atoms with Crippen LogP contribution in [0, 0.1) is 0 Å². The number of rotatable bonds is 10. The Morgan fingerprint density at radius 1 is 0.763 bits per heavy atom. The van der Waals surface area contributed by atoms with Crippen molar-refractivity contribution >= 4 is 35.0 Å². The zero-order chi connectivity index (χ0) is 27.6. The van der Waals surface area contributed by atoms with Gasteiger partial charge in [0, 0.05) is 26.1 Å². The molecule has 0 saturated carbocycles. The minimum atomic E-state index is -4.88. The maximum Gasteiger partial charge on any atom is 0.524 e. The highest BCUT2D eigenvalue weighted by Crippen LogP contribution is 2.47. The molecule has 0 aliphatic carbocycles. The summed E-state index contributed by atoms with van der Waals surface area (Å²) in [6.07, 6.45) is 0. The van der Waals surface area contributed by atoms with Crippen molar-refractivity contribution in [3.8, 4) is 44.9 Å². The lowest BCUT2D eigenvalue weighted by molar-refractivity contribution is 0.104. The minimum absolute atomic E-state index is 0.123. The third kappa shape index (κ3) is 5.27. The van der Waals surface area contributed by atoms with Crippen LogP contribution in [0.25, 0.3) is 20.5 Å². The fourth-order valence-corrected chi connectivity index (χ4v) is 5.63. The normalized spacial score (nSPS) is 11.2. The Balaban J connectivity index is 1.97. The Kier molecular flexibility index (Phi) is 7.84. The molecule has 1 heterocycles. The average Bonchev–Trinajstić information content (AvgIpc) is 3.29. The van der Waals surface area contributed by atoms with Crippen LogP contribution in [0.1, 0.15) is 15.9 Å². The molecular weight excluding hydrogens is 535 g/mol. The zero-order valence-electron chi connectivity index (χ0n) is 21.1. The molecule has 0 atom stereocenters. The summed E-state index contributed by atoms with van der Waals surface area (Å²) in [6, 6.07) is 13.1. The Labute approximate surface area is 222 Å². The van der Waals surface area contributed by atoms with Crippen molar-refractivity contribution in [1.82, 2.24) is 0 Å². The summed E-state index contributed by atoms with van der Waals surface area (Å²) in [5, 5.41) is 0.665. The van der Waals surface area contributed by atoms with Crippen LogP contribution in [-0.4, -0.2) is 51.1 Å². The smallest absolute Gasteiger partial charge is 0.497 e. The van der Waals surface area contributed by atoms with Gasteiger partial charge in [-0.3, -0.25) is 14.6 Å². The number of benzene rings is 3. The number of methoxy groups -OCH3 is 5. The second kappa shape index (κ2) is 10.9. The number of carbonyl (C=O) groups is 1. The molecule has 0 radical (unpaired) electrons. The highest BCUT2D eigenvalue weighted by molar-refractivity contribution is 7.46. The Morgan fingerprint density at radius 3 is 1.97 bits per heavy atom. The van der Waals surface area contributed by atoms with Crippen LogP contribution < -0.4 is 28.2 Å². The molecule has 4 rings (SSSR count). The van der Waals surface area contributed by atoms with Crippen LogP contribution in [0.3, 0.4) is 0 Å². The molecule has 4 aromatic rings. The molecule has 3 aromatic carbocycles. The number of hydrogen-bond acceptors (Lipinski definition) is 9. The van der Waals surface area contributed by atoms with Gasteiger partial charge in [-0.15, -0.1) is 11.3 Å². The van der Waals surface area contributed by atoms with Crippen molar-refractivity contribution < 1.29 is 47.4 Å². The Bertz CT molecular complexity index is 1530. The van der Waals surface area contributed by atoms with E-state index in [4.69, 9.17) is 28.2 Å². The maximum absolute atomic E-state index is 14.1. The van der Waals surface area contributed by atoms with Crippen molar-refractivity contribution in [2.45, 2.75) is 0 Å². The number of carbonyl (C=O) groups excluding carboxylic acids is 1. The summed E-state index contributed by atoms with van der Waals surface area (Å²) in [7, 11) is 2.42. The van der Waals surface area contributed by atoms with Gasteiger partial charge >= 0.3 is 7.82 Å². The van der Waals surface area contributed by atoms with Crippen molar-refractivity contribution in [1.29, 1.82) is 0 Å². The maximum atomic E-state index is 14.1. The van der Waals surface area contributed by atoms with E-state index in [2.05, 4.69) is 0 Å². The fourth-order valence-electron chi connectivity index (χ4n) is 4.01. The van der Waals surface area contributed by atoms with E-state index in [9.17, 15) is 19.1 Å². The van der Waals surface area contributed by atoms with Gasteiger partial charge in [0.05, 0.1) is 35.5 Å². The van der Waals surface area contributed by atoms with Gasteiger partial charge < -0.3 is 28.2 Å². The number of hydrogen-bond donors (Lipinski definition) is 2. The summed E-state index contributed by atoms with van der Waals surface area (Å²) < 4.78 is 44.0. The molecule has 0 aliphatic rings. The topological polar surface area (TPSA) is 130 Å². The summed E-state index contributed by atoms with van der Waals surface area (Å²) in [4.78, 5) is 33.4. The molecule has 200 valence electrons. The predicted octanol–water partition coefficient (Wildman–Crippen LogP) is 5.31. The van der Waals surface area contributed by atoms with E-state index in [0.29, 0.717) is 44.4 Å². The zero-order valence-corrected chi connectivity index (χ0v) is 22.8. The first-order valence-electron chi connectivity index (χ1n) is 11.0. The summed E-state index contributed by atoms with van der Waals surface area (Å²) in [6.45, 7) is 0. The second-order valence-electron chi connectivity index (χ2n) is 7.86. The summed E-state index contributed by atoms with van der Waals surface area (Å²) in [5.41, 5.74) is 1.15. The molecule has 10 nitrogen and oxygen atoms in total. The SMILES string of the molecule is COc1ccc2c(C(=O)c3cc(OC)c(OC)c(OC)c3)c(-c3ccc(OC)c(OP(=O)(O)O)c3)sc2c1. The monoisotopic (exact) mass is 560 g/mol. The lowest BCUT2D eigenvalue weighted by Crippen LogP contribution is -2.05. The second-order valence-corrected chi connectivity index (χ2v) is 10.1. The predicted molar refractivity (Wildman–Crippen MR) is 143 cm³/mol. The van der Waals surface area contributed by atoms with Crippen molar-refractivity contribution in [3.05, 3.63) is 59.7 Å². The average molecular weight is 561 g/mol. The van der Waals surface area contributed by atoms with Crippen LogP contribution in [0.5, 0.6) is 34.5 Å². The Morgan fingerprint density at radius 2 is 1.42 bits per heavy atom. The van der Waals surface area contributed by atoms with Gasteiger partial charge in [-0.25, -0.2) is 4.57 Å². The van der Waals surface area contributed by atoms with Crippen LogP contribution in [-0.2, 0) is 4.57 Å². The quantitative estimate of drug-likeness (QED) is 0.194. The molecular formula is C26H25O10PS. The molecule has 2 N–H and O–H groups in total. The standard InChI is InChI=1S/C26H25O10PS/c1-31-16-7-8-17-22(13-16)38-26(14-6-9-18(32-2)19(10-14)36-37(28,29)30)23(17)24(27)15-11-20(33-3)25(35-5)21(12-15)34-4/h6-13H,1-5H3,(H2,28,29,30). The lowest BCUT2D eigenvalue weighted by Gasteiger charge is -2.15. The molecule has 0 fully saturated rings. The number of thiophene rings is 1. The first-order chi connectivity index (χ1) is 18.1. The van der Waals surface area contributed by atoms with Gasteiger partial charge in [0.2, 0.25) is 5.75 Å². The lowest BCUT2D eigenvalue weighted by atomic mass is 9.97. The van der Waals surface area contributed by atoms with E-state index >= 15 is 0 Å². The highest BCUT2D eigenvalue weighted by atomic mass is 32.1. The number of phosphoric acid groups is 1. The van der Waals surface area contributed by atoms with E-state index in [0.717, 1.165) is 4.70 Å². The molecule has 0 amide bonds. The van der Waals surface area contributed by atoms with Gasteiger partial charge in [-0.2, -0.15) is 0 Å². The van der Waals surface area contributed by atoms with E-state index in [-0.39, 0.29) is 22.8 Å². The molecule has 0 bridgehead atoms. The van der Waals surface area contributed by atoms with Gasteiger partial charge in [0.15, 0.2) is 28.8 Å². The van der Waals surface area contributed by atoms with E-state index in [1.807, 2.05) is 6.07 Å². The third-order valence-electron chi connectivity index (χ3n) is 5.69. The summed E-state index contributed by atoms with van der Waals surface area (Å²) >= 11 is 1.32. The Hall–Kier alpha value is -3.76. The summed E-state index contributed by atoms with van der Waals surface area (Å²) in [5.74, 6) is 1.22. The third-order valence-corrected chi connectivity index (χ3v) is 7.33. The van der Waals surface area contributed by atoms with Gasteiger partial charge in [0.1, 0.15) is 5.75 Å². The fraction of sp³-hybridized carbons (Fsp3) is 0.192. The van der Waals surface area contributed by atoms with E-state index in [1.165, 1.54) is 51.9 Å². The van der Waals surface area contributed by atoms with Crippen molar-refractivity contribution in [2.24, 2.45) is 0 Å². The first-order valence-corrected chi connectivity index (χ1v) is 13.4. The number of ether oxygens (including phenoxy) is 5. The van der Waals surface area contributed by atoms with Crippen LogP contribution in [0.4, 0.5) is 0 Å². The van der Waals surface area contributed by atoms with Crippen LogP contribution in [0.15, 0.2) is 48.5 Å². The molecule has 12 heteroatoms. The van der Waals surface area contributed by atoms with E-state index in [1.54, 1.807) is 37.4 Å². The molecule has 0 spiro atoms. The number of fused-ring (bicyclic) bond motifs is 1. The number of ketones is 1. The van der Waals surface area contributed by atoms with Gasteiger partial charge in [-0.05, 0) is 54.1 Å². The molecule has 38 heavy (non-hydrogen) atoms. The van der Waals surface area contributed by atoms with Crippen LogP contribution in [0.2, 0.25) is 0 Å². The highest BCUT2D eigenvalue weighted by Gasteiger charge is 2.26.